The molecule has 4 aromatic rings. The highest BCUT2D eigenvalue weighted by molar-refractivity contribution is 7.07. The minimum absolute atomic E-state index is 0.286. The first-order valence-electron chi connectivity index (χ1n) is 12.5. The lowest BCUT2D eigenvalue weighted by atomic mass is 10.0. The SMILES string of the molecule is CCCCCCCCc1noc(-c2ccc(CNC(Cc3ccccc3)c3ccsc3)cc2)n1. The fraction of sp³-hybridized carbons (Fsp3) is 0.379. The number of rotatable bonds is 14. The minimum Gasteiger partial charge on any atom is -0.334 e. The van der Waals surface area contributed by atoms with Gasteiger partial charge in [0, 0.05) is 24.6 Å². The Morgan fingerprint density at radius 1 is 0.882 bits per heavy atom. The van der Waals surface area contributed by atoms with E-state index in [4.69, 9.17) is 4.52 Å². The summed E-state index contributed by atoms with van der Waals surface area (Å²) in [5, 5.41) is 12.3. The second kappa shape index (κ2) is 13.2. The zero-order valence-electron chi connectivity index (χ0n) is 20.1. The van der Waals surface area contributed by atoms with E-state index in [1.165, 1.54) is 48.8 Å². The molecular formula is C29H35N3OS. The highest BCUT2D eigenvalue weighted by atomic mass is 32.1. The van der Waals surface area contributed by atoms with Crippen molar-refractivity contribution >= 4 is 11.3 Å². The molecule has 2 aromatic heterocycles. The van der Waals surface area contributed by atoms with Crippen LogP contribution in [0.5, 0.6) is 0 Å². The lowest BCUT2D eigenvalue weighted by Gasteiger charge is -2.18. The van der Waals surface area contributed by atoms with Crippen LogP contribution in [0.4, 0.5) is 0 Å². The molecule has 2 heterocycles. The molecule has 2 aromatic carbocycles. The molecule has 0 radical (unpaired) electrons. The number of aryl methyl sites for hydroxylation is 1. The van der Waals surface area contributed by atoms with E-state index in [9.17, 15) is 0 Å². The van der Waals surface area contributed by atoms with Gasteiger partial charge in [-0.15, -0.1) is 0 Å². The fourth-order valence-corrected chi connectivity index (χ4v) is 4.89. The molecule has 1 atom stereocenters. The van der Waals surface area contributed by atoms with E-state index in [2.05, 4.69) is 93.8 Å². The molecule has 0 aliphatic rings. The van der Waals surface area contributed by atoms with Crippen molar-refractivity contribution in [2.45, 2.75) is 70.9 Å². The van der Waals surface area contributed by atoms with Crippen molar-refractivity contribution in [1.82, 2.24) is 15.5 Å². The Kier molecular flexibility index (Phi) is 9.47. The van der Waals surface area contributed by atoms with Gasteiger partial charge in [0.05, 0.1) is 0 Å². The van der Waals surface area contributed by atoms with Crippen LogP contribution in [-0.4, -0.2) is 10.1 Å². The van der Waals surface area contributed by atoms with Gasteiger partial charge in [-0.1, -0.05) is 86.6 Å². The molecule has 0 spiro atoms. The molecule has 4 rings (SSSR count). The normalized spacial score (nSPS) is 12.1. The first-order valence-corrected chi connectivity index (χ1v) is 13.5. The number of unbranched alkanes of at least 4 members (excludes halogenated alkanes) is 5. The van der Waals surface area contributed by atoms with Gasteiger partial charge < -0.3 is 9.84 Å². The van der Waals surface area contributed by atoms with Gasteiger partial charge in [0.1, 0.15) is 0 Å². The third-order valence-electron chi connectivity index (χ3n) is 6.20. The maximum Gasteiger partial charge on any atom is 0.257 e. The molecule has 0 saturated heterocycles. The average molecular weight is 474 g/mol. The number of thiophene rings is 1. The molecule has 178 valence electrons. The van der Waals surface area contributed by atoms with Crippen LogP contribution < -0.4 is 5.32 Å². The lowest BCUT2D eigenvalue weighted by molar-refractivity contribution is 0.421. The predicted molar refractivity (Wildman–Crippen MR) is 141 cm³/mol. The summed E-state index contributed by atoms with van der Waals surface area (Å²) < 4.78 is 5.52. The molecule has 0 saturated carbocycles. The molecule has 0 bridgehead atoms. The molecular weight excluding hydrogens is 438 g/mol. The Labute approximate surface area is 207 Å². The van der Waals surface area contributed by atoms with Crippen molar-refractivity contribution in [3.8, 4) is 11.5 Å². The molecule has 0 amide bonds. The van der Waals surface area contributed by atoms with Crippen molar-refractivity contribution in [3.05, 3.63) is 93.9 Å². The monoisotopic (exact) mass is 473 g/mol. The Balaban J connectivity index is 1.29. The molecule has 0 fully saturated rings. The van der Waals surface area contributed by atoms with Crippen LogP contribution in [0.25, 0.3) is 11.5 Å². The van der Waals surface area contributed by atoms with Gasteiger partial charge in [-0.25, -0.2) is 0 Å². The van der Waals surface area contributed by atoms with Gasteiger partial charge in [-0.3, -0.25) is 0 Å². The van der Waals surface area contributed by atoms with Gasteiger partial charge >= 0.3 is 0 Å². The number of aromatic nitrogens is 2. The smallest absolute Gasteiger partial charge is 0.257 e. The van der Waals surface area contributed by atoms with E-state index in [0.29, 0.717) is 5.89 Å². The molecule has 4 nitrogen and oxygen atoms in total. The van der Waals surface area contributed by atoms with Crippen LogP contribution >= 0.6 is 11.3 Å². The van der Waals surface area contributed by atoms with Gasteiger partial charge in [-0.2, -0.15) is 16.3 Å². The van der Waals surface area contributed by atoms with E-state index in [0.717, 1.165) is 37.2 Å². The molecule has 1 N–H and O–H groups in total. The van der Waals surface area contributed by atoms with E-state index < -0.39 is 0 Å². The standard InChI is InChI=1S/C29H35N3OS/c1-2-3-4-5-6-10-13-28-31-29(33-32-28)25-16-14-24(15-17-25)21-30-27(26-18-19-34-22-26)20-23-11-8-7-9-12-23/h7-9,11-12,14-19,22,27,30H,2-6,10,13,20-21H2,1H3. The first-order chi connectivity index (χ1) is 16.8. The van der Waals surface area contributed by atoms with Gasteiger partial charge in [0.15, 0.2) is 5.82 Å². The van der Waals surface area contributed by atoms with Crippen LogP contribution in [-0.2, 0) is 19.4 Å². The molecule has 5 heteroatoms. The summed E-state index contributed by atoms with van der Waals surface area (Å²) in [5.74, 6) is 1.43. The fourth-order valence-electron chi connectivity index (χ4n) is 4.17. The zero-order valence-corrected chi connectivity index (χ0v) is 20.9. The van der Waals surface area contributed by atoms with Crippen molar-refractivity contribution in [2.75, 3.05) is 0 Å². The largest absolute Gasteiger partial charge is 0.334 e. The number of hydrogen-bond acceptors (Lipinski definition) is 5. The Hall–Kier alpha value is -2.76. The Morgan fingerprint density at radius 3 is 2.44 bits per heavy atom. The van der Waals surface area contributed by atoms with E-state index >= 15 is 0 Å². The summed E-state index contributed by atoms with van der Waals surface area (Å²) >= 11 is 1.75. The summed E-state index contributed by atoms with van der Waals surface area (Å²) in [6.07, 6.45) is 9.47. The second-order valence-electron chi connectivity index (χ2n) is 8.91. The highest BCUT2D eigenvalue weighted by Gasteiger charge is 2.13. The molecule has 0 aliphatic carbocycles. The highest BCUT2D eigenvalue weighted by Crippen LogP contribution is 2.23. The molecule has 34 heavy (non-hydrogen) atoms. The summed E-state index contributed by atoms with van der Waals surface area (Å²) in [6, 6.07) is 21.6. The van der Waals surface area contributed by atoms with Crippen LogP contribution in [0.15, 0.2) is 75.9 Å². The summed E-state index contributed by atoms with van der Waals surface area (Å²) in [6.45, 7) is 3.05. The van der Waals surface area contributed by atoms with Crippen LogP contribution in [0.3, 0.4) is 0 Å². The van der Waals surface area contributed by atoms with Crippen LogP contribution in [0, 0.1) is 0 Å². The van der Waals surface area contributed by atoms with Crippen molar-refractivity contribution < 1.29 is 4.52 Å². The van der Waals surface area contributed by atoms with Gasteiger partial charge in [-0.05, 0) is 58.5 Å². The quantitative estimate of drug-likeness (QED) is 0.190. The predicted octanol–water partition coefficient (Wildman–Crippen LogP) is 7.77. The molecule has 1 unspecified atom stereocenters. The Morgan fingerprint density at radius 2 is 1.68 bits per heavy atom. The number of nitrogens with zero attached hydrogens (tertiary/aromatic N) is 2. The van der Waals surface area contributed by atoms with Crippen LogP contribution in [0.1, 0.15) is 74.0 Å². The number of hydrogen-bond donors (Lipinski definition) is 1. The topological polar surface area (TPSA) is 51.0 Å². The second-order valence-corrected chi connectivity index (χ2v) is 9.69. The third-order valence-corrected chi connectivity index (χ3v) is 6.91. The summed E-state index contributed by atoms with van der Waals surface area (Å²) in [4.78, 5) is 4.61. The van der Waals surface area contributed by atoms with Crippen LogP contribution in [0.2, 0.25) is 0 Å². The average Bonchev–Trinajstić information content (AvgIpc) is 3.58. The lowest BCUT2D eigenvalue weighted by Crippen LogP contribution is -2.22. The van der Waals surface area contributed by atoms with Gasteiger partial charge in [0.2, 0.25) is 0 Å². The summed E-state index contributed by atoms with van der Waals surface area (Å²) in [7, 11) is 0. The minimum atomic E-state index is 0.286. The van der Waals surface area contributed by atoms with Crippen molar-refractivity contribution in [1.29, 1.82) is 0 Å². The van der Waals surface area contributed by atoms with Crippen molar-refractivity contribution in [2.24, 2.45) is 0 Å². The van der Waals surface area contributed by atoms with E-state index in [-0.39, 0.29) is 6.04 Å². The molecule has 0 aliphatic heterocycles. The maximum absolute atomic E-state index is 5.52. The third kappa shape index (κ3) is 7.37. The Bertz CT molecular complexity index is 1070. The number of nitrogens with one attached hydrogen (secondary N) is 1. The maximum atomic E-state index is 5.52. The first kappa shape index (κ1) is 24.4. The zero-order chi connectivity index (χ0) is 23.4. The summed E-state index contributed by atoms with van der Waals surface area (Å²) in [5.41, 5.74) is 4.90. The van der Waals surface area contributed by atoms with Gasteiger partial charge in [0.25, 0.3) is 5.89 Å². The van der Waals surface area contributed by atoms with E-state index in [1.54, 1.807) is 11.3 Å². The number of benzene rings is 2. The van der Waals surface area contributed by atoms with E-state index in [1.807, 2.05) is 0 Å². The van der Waals surface area contributed by atoms with Crippen molar-refractivity contribution in [3.63, 3.8) is 0 Å².